The van der Waals surface area contributed by atoms with Crippen molar-refractivity contribution in [2.45, 2.75) is 26.3 Å². The van der Waals surface area contributed by atoms with E-state index in [1.807, 2.05) is 19.1 Å². The van der Waals surface area contributed by atoms with Crippen molar-refractivity contribution in [1.82, 2.24) is 10.2 Å². The minimum Gasteiger partial charge on any atom is -0.341 e. The average Bonchev–Trinajstić information content (AvgIpc) is 2.84. The average molecular weight is 267 g/mol. The number of allylic oxidation sites excluding steroid dienone is 1. The topological polar surface area (TPSA) is 73.2 Å². The van der Waals surface area contributed by atoms with E-state index < -0.39 is 6.04 Å². The van der Waals surface area contributed by atoms with E-state index in [9.17, 15) is 9.59 Å². The van der Waals surface area contributed by atoms with Crippen LogP contribution in [0.3, 0.4) is 0 Å². The first-order valence-corrected chi connectivity index (χ1v) is 6.97. The summed E-state index contributed by atoms with van der Waals surface area (Å²) < 4.78 is 0. The number of nitriles is 1. The van der Waals surface area contributed by atoms with Gasteiger partial charge in [-0.2, -0.15) is 5.26 Å². The first-order chi connectivity index (χ1) is 8.61. The van der Waals surface area contributed by atoms with Crippen LogP contribution in [0, 0.1) is 11.3 Å². The molecule has 98 valence electrons. The minimum atomic E-state index is -0.462. The highest BCUT2D eigenvalue weighted by Gasteiger charge is 2.34. The zero-order valence-electron chi connectivity index (χ0n) is 10.6. The van der Waals surface area contributed by atoms with E-state index in [0.29, 0.717) is 17.2 Å². The fourth-order valence-corrected chi connectivity index (χ4v) is 2.88. The first-order valence-electron chi connectivity index (χ1n) is 5.82. The third kappa shape index (κ3) is 3.50. The highest BCUT2D eigenvalue weighted by Crippen LogP contribution is 2.23. The van der Waals surface area contributed by atoms with E-state index in [-0.39, 0.29) is 18.4 Å². The summed E-state index contributed by atoms with van der Waals surface area (Å²) in [6, 6.07) is 1.39. The summed E-state index contributed by atoms with van der Waals surface area (Å²) in [5, 5.41) is 10.9. The zero-order valence-corrected chi connectivity index (χ0v) is 11.4. The van der Waals surface area contributed by atoms with E-state index in [1.165, 1.54) is 0 Å². The molecule has 18 heavy (non-hydrogen) atoms. The molecule has 1 aliphatic heterocycles. The molecule has 0 saturated carbocycles. The Hall–Kier alpha value is -1.48. The van der Waals surface area contributed by atoms with Crippen LogP contribution in [0.4, 0.5) is 0 Å². The van der Waals surface area contributed by atoms with E-state index in [2.05, 4.69) is 5.32 Å². The minimum absolute atomic E-state index is 0.0220. The quantitative estimate of drug-likeness (QED) is 0.606. The van der Waals surface area contributed by atoms with Gasteiger partial charge in [0.05, 0.1) is 11.9 Å². The van der Waals surface area contributed by atoms with Crippen molar-refractivity contribution in [2.75, 3.05) is 18.2 Å². The SMILES string of the molecule is CC/C=C(/C)C(=O)N1CSC[C@@H]1C(=O)NCC#N. The fourth-order valence-electron chi connectivity index (χ4n) is 1.72. The van der Waals surface area contributed by atoms with Crippen LogP contribution in [0.15, 0.2) is 11.6 Å². The van der Waals surface area contributed by atoms with Crippen LogP contribution in [0.2, 0.25) is 0 Å². The Balaban J connectivity index is 2.70. The summed E-state index contributed by atoms with van der Waals surface area (Å²) >= 11 is 1.55. The summed E-state index contributed by atoms with van der Waals surface area (Å²) in [5.41, 5.74) is 0.665. The van der Waals surface area contributed by atoms with Gasteiger partial charge in [-0.1, -0.05) is 13.0 Å². The maximum absolute atomic E-state index is 12.1. The summed E-state index contributed by atoms with van der Waals surface area (Å²) in [4.78, 5) is 25.5. The molecule has 0 aromatic carbocycles. The highest BCUT2D eigenvalue weighted by molar-refractivity contribution is 7.99. The Kier molecular flexibility index (Phi) is 5.72. The fraction of sp³-hybridized carbons (Fsp3) is 0.583. The molecule has 0 aromatic heterocycles. The van der Waals surface area contributed by atoms with Crippen LogP contribution in [0.25, 0.3) is 0 Å². The van der Waals surface area contributed by atoms with Crippen LogP contribution < -0.4 is 5.32 Å². The van der Waals surface area contributed by atoms with E-state index in [1.54, 1.807) is 23.6 Å². The summed E-state index contributed by atoms with van der Waals surface area (Å²) in [6.07, 6.45) is 2.65. The number of carbonyl (C=O) groups is 2. The van der Waals surface area contributed by atoms with Gasteiger partial charge in [0.15, 0.2) is 0 Å². The normalized spacial score (nSPS) is 19.5. The maximum Gasteiger partial charge on any atom is 0.250 e. The van der Waals surface area contributed by atoms with Gasteiger partial charge in [0.2, 0.25) is 5.91 Å². The number of hydrogen-bond acceptors (Lipinski definition) is 4. The van der Waals surface area contributed by atoms with Gasteiger partial charge in [0, 0.05) is 11.3 Å². The van der Waals surface area contributed by atoms with Gasteiger partial charge in [-0.3, -0.25) is 9.59 Å². The second kappa shape index (κ2) is 7.07. The molecule has 1 N–H and O–H groups in total. The van der Waals surface area contributed by atoms with Crippen molar-refractivity contribution in [3.8, 4) is 6.07 Å². The predicted molar refractivity (Wildman–Crippen MR) is 70.6 cm³/mol. The molecule has 1 aliphatic rings. The molecule has 1 fully saturated rings. The molecular formula is C12H17N3O2S. The Morgan fingerprint density at radius 1 is 1.61 bits per heavy atom. The lowest BCUT2D eigenvalue weighted by atomic mass is 10.2. The van der Waals surface area contributed by atoms with E-state index >= 15 is 0 Å². The van der Waals surface area contributed by atoms with Crippen molar-refractivity contribution in [3.05, 3.63) is 11.6 Å². The molecule has 6 heteroatoms. The van der Waals surface area contributed by atoms with Crippen molar-refractivity contribution in [3.63, 3.8) is 0 Å². The summed E-state index contributed by atoms with van der Waals surface area (Å²) in [7, 11) is 0. The molecule has 0 bridgehead atoms. The molecule has 0 aromatic rings. The van der Waals surface area contributed by atoms with Crippen molar-refractivity contribution in [2.24, 2.45) is 0 Å². The maximum atomic E-state index is 12.1. The van der Waals surface area contributed by atoms with Gasteiger partial charge < -0.3 is 10.2 Å². The number of rotatable bonds is 4. The molecule has 0 spiro atoms. The molecule has 2 amide bonds. The number of nitrogens with zero attached hydrogens (tertiary/aromatic N) is 2. The highest BCUT2D eigenvalue weighted by atomic mass is 32.2. The molecule has 0 unspecified atom stereocenters. The van der Waals surface area contributed by atoms with Crippen LogP contribution in [0.5, 0.6) is 0 Å². The van der Waals surface area contributed by atoms with Gasteiger partial charge >= 0.3 is 0 Å². The van der Waals surface area contributed by atoms with E-state index in [4.69, 9.17) is 5.26 Å². The van der Waals surface area contributed by atoms with Crippen molar-refractivity contribution in [1.29, 1.82) is 5.26 Å². The molecule has 1 heterocycles. The predicted octanol–water partition coefficient (Wildman–Crippen LogP) is 0.884. The Bertz CT molecular complexity index is 401. The van der Waals surface area contributed by atoms with Crippen LogP contribution in [0.1, 0.15) is 20.3 Å². The van der Waals surface area contributed by atoms with Crippen LogP contribution in [-0.4, -0.2) is 40.9 Å². The monoisotopic (exact) mass is 267 g/mol. The lowest BCUT2D eigenvalue weighted by Gasteiger charge is -2.22. The second-order valence-corrected chi connectivity index (χ2v) is 4.96. The smallest absolute Gasteiger partial charge is 0.250 e. The van der Waals surface area contributed by atoms with Gasteiger partial charge in [0.25, 0.3) is 5.91 Å². The summed E-state index contributed by atoms with van der Waals surface area (Å²) in [5.74, 6) is 0.763. The zero-order chi connectivity index (χ0) is 13.5. The van der Waals surface area contributed by atoms with Gasteiger partial charge in [-0.25, -0.2) is 0 Å². The first kappa shape index (κ1) is 14.6. The third-order valence-electron chi connectivity index (χ3n) is 2.64. The molecule has 0 radical (unpaired) electrons. The third-order valence-corrected chi connectivity index (χ3v) is 3.65. The Labute approximate surface area is 111 Å². The molecule has 1 rings (SSSR count). The number of nitrogens with one attached hydrogen (secondary N) is 1. The molecule has 1 saturated heterocycles. The van der Waals surface area contributed by atoms with Crippen molar-refractivity contribution >= 4 is 23.6 Å². The number of hydrogen-bond donors (Lipinski definition) is 1. The summed E-state index contributed by atoms with van der Waals surface area (Å²) in [6.45, 7) is 3.71. The van der Waals surface area contributed by atoms with Crippen LogP contribution in [-0.2, 0) is 9.59 Å². The molecule has 1 atom stereocenters. The molecular weight excluding hydrogens is 250 g/mol. The van der Waals surface area contributed by atoms with Gasteiger partial charge in [-0.15, -0.1) is 11.8 Å². The second-order valence-electron chi connectivity index (χ2n) is 3.96. The molecule has 0 aliphatic carbocycles. The van der Waals surface area contributed by atoms with Gasteiger partial charge in [0.1, 0.15) is 12.6 Å². The standard InChI is InChI=1S/C12H17N3O2S/c1-3-4-9(2)12(17)15-8-18-7-10(15)11(16)14-6-5-13/h4,10H,3,6-8H2,1-2H3,(H,14,16)/b9-4-/t10-/m1/s1. The number of thioether (sulfide) groups is 1. The molecule has 5 nitrogen and oxygen atoms in total. The number of carbonyl (C=O) groups excluding carboxylic acids is 2. The lowest BCUT2D eigenvalue weighted by Crippen LogP contribution is -2.47. The van der Waals surface area contributed by atoms with Crippen LogP contribution >= 0.6 is 11.8 Å². The van der Waals surface area contributed by atoms with Gasteiger partial charge in [-0.05, 0) is 13.3 Å². The largest absolute Gasteiger partial charge is 0.341 e. The Morgan fingerprint density at radius 3 is 2.94 bits per heavy atom. The lowest BCUT2D eigenvalue weighted by molar-refractivity contribution is -0.135. The number of amides is 2. The Morgan fingerprint density at radius 2 is 2.33 bits per heavy atom. The van der Waals surface area contributed by atoms with Crippen molar-refractivity contribution < 1.29 is 9.59 Å². The van der Waals surface area contributed by atoms with E-state index in [0.717, 1.165) is 6.42 Å².